The number of halogens is 1. The Hall–Kier alpha value is -2.28. The quantitative estimate of drug-likeness (QED) is 0.744. The number of benzene rings is 1. The lowest BCUT2D eigenvalue weighted by Crippen LogP contribution is -2.54. The van der Waals surface area contributed by atoms with Crippen LogP contribution in [0.4, 0.5) is 10.5 Å². The first kappa shape index (κ1) is 19.1. The van der Waals surface area contributed by atoms with Crippen molar-refractivity contribution in [3.8, 4) is 0 Å². The van der Waals surface area contributed by atoms with Crippen molar-refractivity contribution < 1.29 is 19.5 Å². The third kappa shape index (κ3) is 4.85. The van der Waals surface area contributed by atoms with Gasteiger partial charge in [0.1, 0.15) is 12.1 Å². The summed E-state index contributed by atoms with van der Waals surface area (Å²) in [7, 11) is 0. The van der Waals surface area contributed by atoms with E-state index in [2.05, 4.69) is 10.6 Å². The third-order valence-electron chi connectivity index (χ3n) is 4.14. The third-order valence-corrected chi connectivity index (χ3v) is 4.39. The molecule has 1 fully saturated rings. The number of rotatable bonds is 5. The summed E-state index contributed by atoms with van der Waals surface area (Å²) in [5.74, 6) is -1.57. The van der Waals surface area contributed by atoms with Gasteiger partial charge < -0.3 is 20.6 Å². The Bertz CT molecular complexity index is 648. The van der Waals surface area contributed by atoms with Gasteiger partial charge in [0.15, 0.2) is 0 Å². The molecule has 0 aromatic heterocycles. The highest BCUT2D eigenvalue weighted by Crippen LogP contribution is 2.20. The lowest BCUT2D eigenvalue weighted by atomic mass is 10.0. The van der Waals surface area contributed by atoms with Crippen LogP contribution in [0, 0.1) is 5.92 Å². The van der Waals surface area contributed by atoms with Crippen LogP contribution >= 0.6 is 11.6 Å². The normalized spacial score (nSPS) is 18.1. The highest BCUT2D eigenvalue weighted by molar-refractivity contribution is 6.30. The van der Waals surface area contributed by atoms with Crippen LogP contribution in [0.25, 0.3) is 0 Å². The van der Waals surface area contributed by atoms with Crippen molar-refractivity contribution in [1.82, 2.24) is 10.2 Å². The Morgan fingerprint density at radius 3 is 2.44 bits per heavy atom. The molecule has 1 heterocycles. The number of nitrogens with one attached hydrogen (secondary N) is 2. The van der Waals surface area contributed by atoms with E-state index in [1.54, 1.807) is 38.1 Å². The molecule has 8 heteroatoms. The minimum atomic E-state index is -1.01. The molecule has 136 valence electrons. The maximum absolute atomic E-state index is 12.7. The van der Waals surface area contributed by atoms with Crippen molar-refractivity contribution in [2.45, 2.75) is 38.8 Å². The van der Waals surface area contributed by atoms with Crippen molar-refractivity contribution in [2.24, 2.45) is 5.92 Å². The second-order valence-corrected chi connectivity index (χ2v) is 6.79. The van der Waals surface area contributed by atoms with Crippen LogP contribution in [0.15, 0.2) is 24.3 Å². The number of likely N-dealkylation sites (tertiary alicyclic amines) is 1. The highest BCUT2D eigenvalue weighted by Gasteiger charge is 2.38. The number of aliphatic carboxylic acids is 1. The molecular weight excluding hydrogens is 346 g/mol. The van der Waals surface area contributed by atoms with Crippen LogP contribution in [0.5, 0.6) is 0 Å². The standard InChI is InChI=1S/C17H22ClN3O4/c1-10(2)14(15(22)21-9-3-4-13(21)16(23)24)20-17(25)19-12-7-5-11(18)6-8-12/h5-8,10,13-14H,3-4,9H2,1-2H3,(H,23,24)(H2,19,20,25)/t13-,14?/m0/s1. The first-order chi connectivity index (χ1) is 11.8. The van der Waals surface area contributed by atoms with E-state index in [9.17, 15) is 19.5 Å². The summed E-state index contributed by atoms with van der Waals surface area (Å²) in [5, 5.41) is 15.1. The van der Waals surface area contributed by atoms with E-state index in [1.165, 1.54) is 4.90 Å². The van der Waals surface area contributed by atoms with Crippen molar-refractivity contribution >= 4 is 35.2 Å². The molecule has 3 N–H and O–H groups in total. The number of nitrogens with zero attached hydrogens (tertiary/aromatic N) is 1. The molecular formula is C17H22ClN3O4. The van der Waals surface area contributed by atoms with Gasteiger partial charge in [-0.05, 0) is 43.0 Å². The number of amides is 3. The molecule has 1 aliphatic rings. The monoisotopic (exact) mass is 367 g/mol. The average molecular weight is 368 g/mol. The molecule has 2 rings (SSSR count). The number of urea groups is 1. The molecule has 1 unspecified atom stereocenters. The number of hydrogen-bond acceptors (Lipinski definition) is 3. The van der Waals surface area contributed by atoms with Gasteiger partial charge in [0.2, 0.25) is 5.91 Å². The van der Waals surface area contributed by atoms with E-state index in [4.69, 9.17) is 11.6 Å². The van der Waals surface area contributed by atoms with Crippen LogP contribution in [0.3, 0.4) is 0 Å². The SMILES string of the molecule is CC(C)C(NC(=O)Nc1ccc(Cl)cc1)C(=O)N1CCC[C@H]1C(=O)O. The maximum Gasteiger partial charge on any atom is 0.326 e. The van der Waals surface area contributed by atoms with Gasteiger partial charge in [0.05, 0.1) is 0 Å². The lowest BCUT2D eigenvalue weighted by molar-refractivity contribution is -0.149. The van der Waals surface area contributed by atoms with Gasteiger partial charge in [-0.15, -0.1) is 0 Å². The largest absolute Gasteiger partial charge is 0.480 e. The summed E-state index contributed by atoms with van der Waals surface area (Å²) in [6.07, 6.45) is 1.08. The van der Waals surface area contributed by atoms with Crippen molar-refractivity contribution in [2.75, 3.05) is 11.9 Å². The average Bonchev–Trinajstić information content (AvgIpc) is 3.04. The van der Waals surface area contributed by atoms with E-state index >= 15 is 0 Å². The smallest absolute Gasteiger partial charge is 0.326 e. The van der Waals surface area contributed by atoms with Gasteiger partial charge in [-0.25, -0.2) is 9.59 Å². The first-order valence-electron chi connectivity index (χ1n) is 8.16. The molecule has 1 saturated heterocycles. The number of carboxylic acid groups (broad SMARTS) is 1. The van der Waals surface area contributed by atoms with E-state index in [1.807, 2.05) is 0 Å². The van der Waals surface area contributed by atoms with Gasteiger partial charge in [0, 0.05) is 17.3 Å². The van der Waals surface area contributed by atoms with Crippen molar-refractivity contribution in [3.63, 3.8) is 0 Å². The Morgan fingerprint density at radius 1 is 1.24 bits per heavy atom. The molecule has 0 saturated carbocycles. The van der Waals surface area contributed by atoms with Crippen LogP contribution in [-0.2, 0) is 9.59 Å². The molecule has 1 aromatic carbocycles. The fraction of sp³-hybridized carbons (Fsp3) is 0.471. The summed E-state index contributed by atoms with van der Waals surface area (Å²) < 4.78 is 0. The summed E-state index contributed by atoms with van der Waals surface area (Å²) in [5.41, 5.74) is 0.543. The van der Waals surface area contributed by atoms with Crippen LogP contribution in [-0.4, -0.2) is 46.5 Å². The van der Waals surface area contributed by atoms with E-state index in [0.29, 0.717) is 30.1 Å². The number of carboxylic acids is 1. The molecule has 1 aliphatic heterocycles. The Kier molecular flexibility index (Phi) is 6.25. The van der Waals surface area contributed by atoms with E-state index in [0.717, 1.165) is 0 Å². The summed E-state index contributed by atoms with van der Waals surface area (Å²) in [6, 6.07) is 4.43. The molecule has 0 radical (unpaired) electrons. The molecule has 0 aliphatic carbocycles. The molecule has 3 amide bonds. The van der Waals surface area contributed by atoms with Gasteiger partial charge >= 0.3 is 12.0 Å². The summed E-state index contributed by atoms with van der Waals surface area (Å²) in [6.45, 7) is 3.99. The molecule has 0 bridgehead atoms. The first-order valence-corrected chi connectivity index (χ1v) is 8.53. The molecule has 7 nitrogen and oxygen atoms in total. The van der Waals surface area contributed by atoms with E-state index < -0.39 is 24.1 Å². The number of carbonyl (C=O) groups excluding carboxylic acids is 2. The lowest BCUT2D eigenvalue weighted by Gasteiger charge is -2.29. The maximum atomic E-state index is 12.7. The predicted molar refractivity (Wildman–Crippen MR) is 94.6 cm³/mol. The topological polar surface area (TPSA) is 98.7 Å². The van der Waals surface area contributed by atoms with Crippen LogP contribution in [0.2, 0.25) is 5.02 Å². The predicted octanol–water partition coefficient (Wildman–Crippen LogP) is 2.56. The number of carbonyl (C=O) groups is 3. The van der Waals surface area contributed by atoms with E-state index in [-0.39, 0.29) is 11.8 Å². The molecule has 0 spiro atoms. The molecule has 25 heavy (non-hydrogen) atoms. The fourth-order valence-electron chi connectivity index (χ4n) is 2.82. The second kappa shape index (κ2) is 8.20. The Balaban J connectivity index is 2.04. The van der Waals surface area contributed by atoms with Crippen LogP contribution < -0.4 is 10.6 Å². The van der Waals surface area contributed by atoms with Crippen LogP contribution in [0.1, 0.15) is 26.7 Å². The zero-order valence-electron chi connectivity index (χ0n) is 14.2. The Morgan fingerprint density at radius 2 is 1.88 bits per heavy atom. The summed E-state index contributed by atoms with van der Waals surface area (Å²) >= 11 is 5.80. The zero-order chi connectivity index (χ0) is 18.6. The van der Waals surface area contributed by atoms with Crippen molar-refractivity contribution in [1.29, 1.82) is 0 Å². The Labute approximate surface area is 151 Å². The fourth-order valence-corrected chi connectivity index (χ4v) is 2.95. The molecule has 2 atom stereocenters. The summed E-state index contributed by atoms with van der Waals surface area (Å²) in [4.78, 5) is 37.6. The minimum absolute atomic E-state index is 0.182. The minimum Gasteiger partial charge on any atom is -0.480 e. The zero-order valence-corrected chi connectivity index (χ0v) is 14.9. The highest BCUT2D eigenvalue weighted by atomic mass is 35.5. The van der Waals surface area contributed by atoms with Gasteiger partial charge in [-0.2, -0.15) is 0 Å². The molecule has 1 aromatic rings. The number of anilines is 1. The number of hydrogen-bond donors (Lipinski definition) is 3. The van der Waals surface area contributed by atoms with Gasteiger partial charge in [0.25, 0.3) is 0 Å². The van der Waals surface area contributed by atoms with Crippen molar-refractivity contribution in [3.05, 3.63) is 29.3 Å². The second-order valence-electron chi connectivity index (χ2n) is 6.35. The van der Waals surface area contributed by atoms with Gasteiger partial charge in [-0.1, -0.05) is 25.4 Å². The van der Waals surface area contributed by atoms with Gasteiger partial charge in [-0.3, -0.25) is 4.79 Å².